The zero-order chi connectivity index (χ0) is 16.8. The van der Waals surface area contributed by atoms with Gasteiger partial charge in [-0.25, -0.2) is 4.98 Å². The highest BCUT2D eigenvalue weighted by Crippen LogP contribution is 2.17. The molecule has 2 aromatic carbocycles. The number of amides is 1. The highest BCUT2D eigenvalue weighted by atomic mass is 32.1. The molecule has 0 aliphatic carbocycles. The Kier molecular flexibility index (Phi) is 5.39. The largest absolute Gasteiger partial charge is 0.352 e. The lowest BCUT2D eigenvalue weighted by molar-refractivity contribution is 0.0954. The minimum absolute atomic E-state index is 0.0314. The molecule has 0 unspecified atom stereocenters. The van der Waals surface area contributed by atoms with Crippen molar-refractivity contribution in [3.8, 4) is 0 Å². The van der Waals surface area contributed by atoms with Crippen molar-refractivity contribution >= 4 is 17.2 Å². The van der Waals surface area contributed by atoms with Crippen LogP contribution in [0.2, 0.25) is 0 Å². The predicted octanol–water partition coefficient (Wildman–Crippen LogP) is 4.01. The lowest BCUT2D eigenvalue weighted by Crippen LogP contribution is -2.25. The third-order valence-electron chi connectivity index (χ3n) is 3.76. The third kappa shape index (κ3) is 4.52. The Balaban J connectivity index is 1.49. The van der Waals surface area contributed by atoms with Crippen LogP contribution in [0.15, 0.2) is 60.8 Å². The van der Waals surface area contributed by atoms with E-state index in [4.69, 9.17) is 0 Å². The van der Waals surface area contributed by atoms with Crippen molar-refractivity contribution in [3.63, 3.8) is 0 Å². The van der Waals surface area contributed by atoms with Crippen LogP contribution in [0.5, 0.6) is 0 Å². The average Bonchev–Trinajstić information content (AvgIpc) is 3.03. The van der Waals surface area contributed by atoms with Crippen molar-refractivity contribution in [1.82, 2.24) is 10.3 Å². The summed E-state index contributed by atoms with van der Waals surface area (Å²) in [6.07, 6.45) is 3.61. The van der Waals surface area contributed by atoms with Gasteiger partial charge in [0, 0.05) is 36.0 Å². The molecule has 0 aliphatic rings. The standard InChI is InChI=1S/C20H20N2OS/c1-15-7-9-17(10-8-15)20(23)21-12-11-19-22-14-18(24-19)13-16-5-3-2-4-6-16/h2-10,14H,11-13H2,1H3,(H,21,23). The van der Waals surface area contributed by atoms with Crippen molar-refractivity contribution < 1.29 is 4.79 Å². The minimum atomic E-state index is -0.0314. The minimum Gasteiger partial charge on any atom is -0.352 e. The number of hydrogen-bond acceptors (Lipinski definition) is 3. The second kappa shape index (κ2) is 7.88. The molecule has 0 radical (unpaired) electrons. The maximum Gasteiger partial charge on any atom is 0.251 e. The summed E-state index contributed by atoms with van der Waals surface area (Å²) in [4.78, 5) is 17.8. The zero-order valence-electron chi connectivity index (χ0n) is 13.7. The Hall–Kier alpha value is -2.46. The Morgan fingerprint density at radius 1 is 1.08 bits per heavy atom. The summed E-state index contributed by atoms with van der Waals surface area (Å²) >= 11 is 1.71. The quantitative estimate of drug-likeness (QED) is 0.739. The fourth-order valence-electron chi connectivity index (χ4n) is 2.43. The highest BCUT2D eigenvalue weighted by molar-refractivity contribution is 7.11. The highest BCUT2D eigenvalue weighted by Gasteiger charge is 2.06. The number of nitrogens with one attached hydrogen (secondary N) is 1. The molecular formula is C20H20N2OS. The van der Waals surface area contributed by atoms with Crippen molar-refractivity contribution in [3.05, 3.63) is 87.4 Å². The van der Waals surface area contributed by atoms with Gasteiger partial charge in [0.1, 0.15) is 0 Å². The molecular weight excluding hydrogens is 316 g/mol. The van der Waals surface area contributed by atoms with Gasteiger partial charge in [0.2, 0.25) is 0 Å². The van der Waals surface area contributed by atoms with E-state index in [1.807, 2.05) is 43.5 Å². The summed E-state index contributed by atoms with van der Waals surface area (Å²) in [6, 6.07) is 18.0. The van der Waals surface area contributed by atoms with E-state index >= 15 is 0 Å². The molecule has 3 nitrogen and oxygen atoms in total. The van der Waals surface area contributed by atoms with E-state index in [9.17, 15) is 4.79 Å². The van der Waals surface area contributed by atoms with Crippen LogP contribution in [0.25, 0.3) is 0 Å². The molecule has 0 spiro atoms. The van der Waals surface area contributed by atoms with E-state index < -0.39 is 0 Å². The summed E-state index contributed by atoms with van der Waals surface area (Å²) in [5.74, 6) is -0.0314. The molecule has 0 bridgehead atoms. The maximum absolute atomic E-state index is 12.1. The molecule has 1 amide bonds. The summed E-state index contributed by atoms with van der Waals surface area (Å²) in [5.41, 5.74) is 3.14. The van der Waals surface area contributed by atoms with Gasteiger partial charge < -0.3 is 5.32 Å². The predicted molar refractivity (Wildman–Crippen MR) is 98.6 cm³/mol. The van der Waals surface area contributed by atoms with Crippen LogP contribution in [-0.4, -0.2) is 17.4 Å². The first kappa shape index (κ1) is 16.4. The molecule has 3 aromatic rings. The molecule has 4 heteroatoms. The third-order valence-corrected chi connectivity index (χ3v) is 4.82. The van der Waals surface area contributed by atoms with Crippen LogP contribution in [0, 0.1) is 6.92 Å². The Bertz CT molecular complexity index is 794. The van der Waals surface area contributed by atoms with Crippen molar-refractivity contribution in [1.29, 1.82) is 0 Å². The second-order valence-electron chi connectivity index (χ2n) is 5.75. The van der Waals surface area contributed by atoms with Crippen LogP contribution in [0.4, 0.5) is 0 Å². The van der Waals surface area contributed by atoms with Crippen LogP contribution in [0.3, 0.4) is 0 Å². The number of hydrogen-bond donors (Lipinski definition) is 1. The number of carbonyl (C=O) groups excluding carboxylic acids is 1. The normalized spacial score (nSPS) is 10.5. The molecule has 122 valence electrons. The van der Waals surface area contributed by atoms with Gasteiger partial charge in [-0.2, -0.15) is 0 Å². The molecule has 0 aliphatic heterocycles. The SMILES string of the molecule is Cc1ccc(C(=O)NCCc2ncc(Cc3ccccc3)s2)cc1. The summed E-state index contributed by atoms with van der Waals surface area (Å²) in [5, 5.41) is 4.01. The molecule has 0 fully saturated rings. The summed E-state index contributed by atoms with van der Waals surface area (Å²) in [7, 11) is 0. The lowest BCUT2D eigenvalue weighted by atomic mass is 10.1. The van der Waals surface area contributed by atoms with E-state index in [-0.39, 0.29) is 5.91 Å². The van der Waals surface area contributed by atoms with Crippen molar-refractivity contribution in [2.24, 2.45) is 0 Å². The average molecular weight is 336 g/mol. The second-order valence-corrected chi connectivity index (χ2v) is 6.95. The fraction of sp³-hybridized carbons (Fsp3) is 0.200. The molecule has 0 saturated heterocycles. The first-order valence-corrected chi connectivity index (χ1v) is 8.85. The molecule has 1 heterocycles. The number of aryl methyl sites for hydroxylation is 1. The van der Waals surface area contributed by atoms with Gasteiger partial charge >= 0.3 is 0 Å². The summed E-state index contributed by atoms with van der Waals surface area (Å²) < 4.78 is 0. The number of benzene rings is 2. The van der Waals surface area contributed by atoms with Crippen LogP contribution < -0.4 is 5.32 Å². The number of carbonyl (C=O) groups is 1. The lowest BCUT2D eigenvalue weighted by Gasteiger charge is -2.04. The first-order chi connectivity index (χ1) is 11.7. The topological polar surface area (TPSA) is 42.0 Å². The van der Waals surface area contributed by atoms with E-state index in [0.29, 0.717) is 12.1 Å². The molecule has 0 atom stereocenters. The number of thiazole rings is 1. The molecule has 3 rings (SSSR count). The Morgan fingerprint density at radius 2 is 1.83 bits per heavy atom. The van der Waals surface area contributed by atoms with Gasteiger partial charge in [0.05, 0.1) is 5.01 Å². The van der Waals surface area contributed by atoms with Crippen molar-refractivity contribution in [2.45, 2.75) is 19.8 Å². The van der Waals surface area contributed by atoms with E-state index in [0.717, 1.165) is 23.4 Å². The summed E-state index contributed by atoms with van der Waals surface area (Å²) in [6.45, 7) is 2.61. The molecule has 0 saturated carbocycles. The smallest absolute Gasteiger partial charge is 0.251 e. The van der Waals surface area contributed by atoms with Gasteiger partial charge in [-0.3, -0.25) is 4.79 Å². The van der Waals surface area contributed by atoms with E-state index in [1.165, 1.54) is 10.4 Å². The van der Waals surface area contributed by atoms with Gasteiger partial charge in [0.15, 0.2) is 0 Å². The maximum atomic E-state index is 12.1. The molecule has 1 N–H and O–H groups in total. The number of nitrogens with zero attached hydrogens (tertiary/aromatic N) is 1. The Labute approximate surface area is 146 Å². The zero-order valence-corrected chi connectivity index (χ0v) is 14.5. The van der Waals surface area contributed by atoms with Crippen LogP contribution in [-0.2, 0) is 12.8 Å². The van der Waals surface area contributed by atoms with Gasteiger partial charge in [-0.15, -0.1) is 11.3 Å². The number of aromatic nitrogens is 1. The van der Waals surface area contributed by atoms with Gasteiger partial charge in [-0.05, 0) is 24.6 Å². The monoisotopic (exact) mass is 336 g/mol. The fourth-order valence-corrected chi connectivity index (χ4v) is 3.39. The Morgan fingerprint density at radius 3 is 2.58 bits per heavy atom. The molecule has 1 aromatic heterocycles. The van der Waals surface area contributed by atoms with Crippen molar-refractivity contribution in [2.75, 3.05) is 6.54 Å². The van der Waals surface area contributed by atoms with Crippen LogP contribution >= 0.6 is 11.3 Å². The first-order valence-electron chi connectivity index (χ1n) is 8.03. The van der Waals surface area contributed by atoms with E-state index in [2.05, 4.69) is 34.6 Å². The molecule has 24 heavy (non-hydrogen) atoms. The van der Waals surface area contributed by atoms with Gasteiger partial charge in [-0.1, -0.05) is 48.0 Å². The van der Waals surface area contributed by atoms with E-state index in [1.54, 1.807) is 11.3 Å². The number of rotatable bonds is 6. The van der Waals surface area contributed by atoms with Gasteiger partial charge in [0.25, 0.3) is 5.91 Å². The van der Waals surface area contributed by atoms with Crippen LogP contribution in [0.1, 0.15) is 31.4 Å².